The van der Waals surface area contributed by atoms with Gasteiger partial charge >= 0.3 is 0 Å². The zero-order valence-corrected chi connectivity index (χ0v) is 8.14. The Morgan fingerprint density at radius 2 is 1.75 bits per heavy atom. The van der Waals surface area contributed by atoms with E-state index in [1.54, 1.807) is 6.08 Å². The van der Waals surface area contributed by atoms with Gasteiger partial charge in [0, 0.05) is 0 Å². The molecule has 12 heavy (non-hydrogen) atoms. The molecule has 0 aliphatic rings. The average molecular weight is 162 g/mol. The summed E-state index contributed by atoms with van der Waals surface area (Å²) in [6.07, 6.45) is 10.0. The van der Waals surface area contributed by atoms with Crippen molar-refractivity contribution in [1.29, 1.82) is 0 Å². The zero-order chi connectivity index (χ0) is 9.40. The minimum absolute atomic E-state index is 1.11. The standard InChI is InChI=1S/C12H18/c1-5-9-12(8-4)10-11(6-2)7-3/h5,8-10H,1,4,6-7H2,2-3H3/b12-9+. The van der Waals surface area contributed by atoms with Gasteiger partial charge < -0.3 is 0 Å². The topological polar surface area (TPSA) is 0 Å². The SMILES string of the molecule is C=C/C=C(\C=C)C=C(CC)CC. The molecule has 0 aliphatic carbocycles. The molecule has 66 valence electrons. The molecule has 0 aromatic heterocycles. The van der Waals surface area contributed by atoms with Gasteiger partial charge in [0.15, 0.2) is 0 Å². The van der Waals surface area contributed by atoms with Crippen LogP contribution in [0.3, 0.4) is 0 Å². The highest BCUT2D eigenvalue weighted by atomic mass is 14.0. The van der Waals surface area contributed by atoms with Crippen LogP contribution < -0.4 is 0 Å². The molecule has 0 N–H and O–H groups in total. The second-order valence-corrected chi connectivity index (χ2v) is 2.62. The molecule has 0 aliphatic heterocycles. The van der Waals surface area contributed by atoms with Crippen molar-refractivity contribution in [3.05, 3.63) is 48.6 Å². The average Bonchev–Trinajstić information content (AvgIpc) is 2.12. The molecule has 0 spiro atoms. The van der Waals surface area contributed by atoms with E-state index in [-0.39, 0.29) is 0 Å². The number of rotatable bonds is 5. The van der Waals surface area contributed by atoms with Crippen molar-refractivity contribution < 1.29 is 0 Å². The summed E-state index contributed by atoms with van der Waals surface area (Å²) in [5, 5.41) is 0. The smallest absolute Gasteiger partial charge is 0.0263 e. The lowest BCUT2D eigenvalue weighted by molar-refractivity contribution is 0.976. The van der Waals surface area contributed by atoms with Crippen LogP contribution >= 0.6 is 0 Å². The summed E-state index contributed by atoms with van der Waals surface area (Å²) in [6.45, 7) is 11.7. The Morgan fingerprint density at radius 1 is 1.17 bits per heavy atom. The summed E-state index contributed by atoms with van der Waals surface area (Å²) in [5.74, 6) is 0. The first kappa shape index (κ1) is 11.0. The quantitative estimate of drug-likeness (QED) is 0.535. The summed E-state index contributed by atoms with van der Waals surface area (Å²) < 4.78 is 0. The molecule has 0 atom stereocenters. The van der Waals surface area contributed by atoms with Gasteiger partial charge in [-0.25, -0.2) is 0 Å². The molecule has 0 heterocycles. The molecule has 0 aromatic rings. The predicted molar refractivity (Wildman–Crippen MR) is 57.1 cm³/mol. The van der Waals surface area contributed by atoms with Crippen molar-refractivity contribution in [2.24, 2.45) is 0 Å². The maximum Gasteiger partial charge on any atom is -0.0263 e. The second-order valence-electron chi connectivity index (χ2n) is 2.62. The minimum atomic E-state index is 1.11. The normalized spacial score (nSPS) is 10.7. The molecule has 0 bridgehead atoms. The fourth-order valence-corrected chi connectivity index (χ4v) is 1.00. The lowest BCUT2D eigenvalue weighted by Crippen LogP contribution is -1.79. The van der Waals surface area contributed by atoms with Gasteiger partial charge in [-0.2, -0.15) is 0 Å². The Bertz CT molecular complexity index is 198. The third-order valence-corrected chi connectivity index (χ3v) is 1.83. The van der Waals surface area contributed by atoms with Crippen molar-refractivity contribution in [3.63, 3.8) is 0 Å². The molecule has 0 rings (SSSR count). The van der Waals surface area contributed by atoms with Crippen LogP contribution in [0.15, 0.2) is 48.6 Å². The first-order valence-electron chi connectivity index (χ1n) is 4.43. The molecule has 0 aromatic carbocycles. The third kappa shape index (κ3) is 3.97. The van der Waals surface area contributed by atoms with Crippen molar-refractivity contribution in [1.82, 2.24) is 0 Å². The highest BCUT2D eigenvalue weighted by molar-refractivity contribution is 5.34. The van der Waals surface area contributed by atoms with Crippen LogP contribution in [0.4, 0.5) is 0 Å². The Morgan fingerprint density at radius 3 is 2.08 bits per heavy atom. The Hall–Kier alpha value is -1.04. The monoisotopic (exact) mass is 162 g/mol. The second kappa shape index (κ2) is 6.66. The lowest BCUT2D eigenvalue weighted by atomic mass is 10.1. The van der Waals surface area contributed by atoms with Gasteiger partial charge in [0.25, 0.3) is 0 Å². The van der Waals surface area contributed by atoms with Crippen LogP contribution in [0.5, 0.6) is 0 Å². The van der Waals surface area contributed by atoms with Crippen LogP contribution in [0.2, 0.25) is 0 Å². The van der Waals surface area contributed by atoms with Gasteiger partial charge in [-0.15, -0.1) is 0 Å². The highest BCUT2D eigenvalue weighted by Crippen LogP contribution is 2.10. The molecular weight excluding hydrogens is 144 g/mol. The van der Waals surface area contributed by atoms with E-state index in [0.717, 1.165) is 18.4 Å². The van der Waals surface area contributed by atoms with E-state index in [9.17, 15) is 0 Å². The maximum atomic E-state index is 3.74. The number of allylic oxidation sites excluding steroid dienone is 6. The lowest BCUT2D eigenvalue weighted by Gasteiger charge is -1.99. The van der Waals surface area contributed by atoms with E-state index < -0.39 is 0 Å². The molecule has 0 saturated heterocycles. The van der Waals surface area contributed by atoms with E-state index >= 15 is 0 Å². The van der Waals surface area contributed by atoms with Gasteiger partial charge in [0.1, 0.15) is 0 Å². The van der Waals surface area contributed by atoms with Crippen molar-refractivity contribution in [2.45, 2.75) is 26.7 Å². The summed E-state index contributed by atoms with van der Waals surface area (Å²) in [5.41, 5.74) is 2.59. The Labute approximate surface area is 76.0 Å². The van der Waals surface area contributed by atoms with Crippen molar-refractivity contribution >= 4 is 0 Å². The molecule has 0 nitrogen and oxygen atoms in total. The largest absolute Gasteiger partial charge is 0.0990 e. The van der Waals surface area contributed by atoms with Gasteiger partial charge in [-0.1, -0.05) is 56.9 Å². The van der Waals surface area contributed by atoms with E-state index in [4.69, 9.17) is 0 Å². The minimum Gasteiger partial charge on any atom is -0.0990 e. The maximum absolute atomic E-state index is 3.74. The molecule has 0 fully saturated rings. The molecular formula is C12H18. The Kier molecular flexibility index (Phi) is 6.08. The molecule has 0 amide bonds. The molecule has 0 radical (unpaired) electrons. The molecule has 0 unspecified atom stereocenters. The van der Waals surface area contributed by atoms with Gasteiger partial charge in [0.05, 0.1) is 0 Å². The van der Waals surface area contributed by atoms with Crippen molar-refractivity contribution in [3.8, 4) is 0 Å². The van der Waals surface area contributed by atoms with Gasteiger partial charge in [-0.05, 0) is 18.4 Å². The number of hydrogen-bond acceptors (Lipinski definition) is 0. The van der Waals surface area contributed by atoms with Crippen LogP contribution in [-0.2, 0) is 0 Å². The summed E-state index contributed by atoms with van der Waals surface area (Å²) in [7, 11) is 0. The van der Waals surface area contributed by atoms with Crippen LogP contribution in [0.25, 0.3) is 0 Å². The molecule has 0 heteroatoms. The first-order chi connectivity index (χ1) is 5.78. The Balaban J connectivity index is 4.53. The highest BCUT2D eigenvalue weighted by Gasteiger charge is 1.90. The predicted octanol–water partition coefficient (Wildman–Crippen LogP) is 4.03. The third-order valence-electron chi connectivity index (χ3n) is 1.83. The summed E-state index contributed by atoms with van der Waals surface area (Å²) in [6, 6.07) is 0. The summed E-state index contributed by atoms with van der Waals surface area (Å²) in [4.78, 5) is 0. The van der Waals surface area contributed by atoms with Gasteiger partial charge in [0.2, 0.25) is 0 Å². The summed E-state index contributed by atoms with van der Waals surface area (Å²) >= 11 is 0. The van der Waals surface area contributed by atoms with E-state index in [2.05, 4.69) is 33.1 Å². The van der Waals surface area contributed by atoms with E-state index in [1.807, 2.05) is 12.2 Å². The van der Waals surface area contributed by atoms with Crippen molar-refractivity contribution in [2.75, 3.05) is 0 Å². The molecule has 0 saturated carbocycles. The van der Waals surface area contributed by atoms with Crippen LogP contribution in [0, 0.1) is 0 Å². The number of hydrogen-bond donors (Lipinski definition) is 0. The fraction of sp³-hybridized carbons (Fsp3) is 0.333. The zero-order valence-electron chi connectivity index (χ0n) is 8.14. The van der Waals surface area contributed by atoms with E-state index in [1.165, 1.54) is 5.57 Å². The van der Waals surface area contributed by atoms with E-state index in [0.29, 0.717) is 0 Å². The van der Waals surface area contributed by atoms with Crippen LogP contribution in [-0.4, -0.2) is 0 Å². The first-order valence-corrected chi connectivity index (χ1v) is 4.43. The van der Waals surface area contributed by atoms with Crippen LogP contribution in [0.1, 0.15) is 26.7 Å². The van der Waals surface area contributed by atoms with Gasteiger partial charge in [-0.3, -0.25) is 0 Å². The fourth-order valence-electron chi connectivity index (χ4n) is 1.00.